The molecule has 11 heteroatoms. The Morgan fingerprint density at radius 3 is 2.67 bits per heavy atom. The zero-order valence-corrected chi connectivity index (χ0v) is 30.5. The first-order chi connectivity index (χ1) is 25.2. The van der Waals surface area contributed by atoms with Crippen molar-refractivity contribution in [2.24, 2.45) is 11.8 Å². The molecule has 1 aromatic carbocycles. The van der Waals surface area contributed by atoms with E-state index in [2.05, 4.69) is 39.2 Å². The molecule has 1 saturated heterocycles. The Morgan fingerprint density at radius 1 is 1.15 bits per heavy atom. The Hall–Kier alpha value is -4.00. The number of carbonyl (C=O) groups excluding carboxylic acids is 3. The van der Waals surface area contributed by atoms with E-state index in [4.69, 9.17) is 9.47 Å². The van der Waals surface area contributed by atoms with E-state index >= 15 is 0 Å². The van der Waals surface area contributed by atoms with Gasteiger partial charge in [0, 0.05) is 42.3 Å². The van der Waals surface area contributed by atoms with E-state index in [1.807, 2.05) is 33.0 Å². The molecule has 0 amide bonds. The van der Waals surface area contributed by atoms with Crippen molar-refractivity contribution in [3.63, 3.8) is 0 Å². The molecule has 1 fully saturated rings. The third kappa shape index (κ3) is 7.17. The molecule has 278 valence electrons. The second kappa shape index (κ2) is 16.3. The summed E-state index contributed by atoms with van der Waals surface area (Å²) in [4.78, 5) is 47.8. The highest BCUT2D eigenvalue weighted by Gasteiger charge is 2.85. The second-order valence-electron chi connectivity index (χ2n) is 14.4. The average molecular weight is 713 g/mol. The zero-order chi connectivity index (χ0) is 36.9. The molecule has 0 radical (unpaired) electrons. The lowest BCUT2D eigenvalue weighted by Crippen LogP contribution is -2.53. The molecule has 0 unspecified atom stereocenters. The first-order valence-electron chi connectivity index (χ1n) is 18.7. The predicted molar refractivity (Wildman–Crippen MR) is 198 cm³/mol. The molecule has 52 heavy (non-hydrogen) atoms. The number of hydrogen-bond donors (Lipinski definition) is 5. The number of Topliss-reactive ketones (excluding diaryl/α,β-unsaturated/α-hetero) is 2. The number of anilines is 1. The van der Waals surface area contributed by atoms with E-state index in [0.29, 0.717) is 50.4 Å². The monoisotopic (exact) mass is 712 g/mol. The van der Waals surface area contributed by atoms with Gasteiger partial charge < -0.3 is 35.6 Å². The molecule has 1 aliphatic heterocycles. The molecule has 4 aliphatic rings. The van der Waals surface area contributed by atoms with Crippen molar-refractivity contribution in [1.29, 1.82) is 0 Å². The highest BCUT2D eigenvalue weighted by molar-refractivity contribution is 6.33. The topological polar surface area (TPSA) is 162 Å². The number of aromatic nitrogens is 1. The lowest BCUT2D eigenvalue weighted by atomic mass is 9.70. The van der Waals surface area contributed by atoms with Crippen LogP contribution in [0.2, 0.25) is 0 Å². The summed E-state index contributed by atoms with van der Waals surface area (Å²) in [7, 11) is 1.84. The first kappa shape index (κ1) is 37.7. The van der Waals surface area contributed by atoms with Crippen molar-refractivity contribution < 1.29 is 34.1 Å². The maximum Gasteiger partial charge on any atom is 0.350 e. The minimum absolute atomic E-state index is 0.0759. The van der Waals surface area contributed by atoms with Gasteiger partial charge in [0.15, 0.2) is 11.4 Å². The summed E-state index contributed by atoms with van der Waals surface area (Å²) in [5.74, 6) is -1.01. The van der Waals surface area contributed by atoms with Crippen LogP contribution >= 0.6 is 0 Å². The molecule has 6 rings (SSSR count). The number of aryl methyl sites for hydroxylation is 1. The molecule has 2 heterocycles. The number of nitrogens with zero attached hydrogens (tertiary/aromatic N) is 1. The van der Waals surface area contributed by atoms with Gasteiger partial charge in [-0.3, -0.25) is 9.59 Å². The van der Waals surface area contributed by atoms with Crippen LogP contribution in [0.15, 0.2) is 77.5 Å². The summed E-state index contributed by atoms with van der Waals surface area (Å²) in [5.41, 5.74) is 0.0103. The third-order valence-corrected chi connectivity index (χ3v) is 11.2. The van der Waals surface area contributed by atoms with Crippen molar-refractivity contribution in [2.45, 2.75) is 88.6 Å². The number of likely N-dealkylation sites (N-methyl/N-ethyl adjacent to an activating group) is 1. The number of hydrogen-bond acceptors (Lipinski definition) is 11. The molecule has 1 aromatic heterocycles. The van der Waals surface area contributed by atoms with Crippen LogP contribution in [0.5, 0.6) is 0 Å². The number of carbonyl (C=O) groups is 3. The van der Waals surface area contributed by atoms with Crippen molar-refractivity contribution in [3.8, 4) is 0 Å². The van der Waals surface area contributed by atoms with Gasteiger partial charge in [0.2, 0.25) is 5.78 Å². The molecular formula is C41H52N4O7. The van der Waals surface area contributed by atoms with Gasteiger partial charge in [0.25, 0.3) is 5.60 Å². The normalized spacial score (nSPS) is 27.1. The minimum atomic E-state index is -2.17. The van der Waals surface area contributed by atoms with E-state index in [9.17, 15) is 24.6 Å². The second-order valence-corrected chi connectivity index (χ2v) is 14.4. The molecule has 0 saturated carbocycles. The number of allylic oxidation sites excluding steroid dienone is 4. The Labute approximate surface area is 306 Å². The Morgan fingerprint density at radius 2 is 1.94 bits per heavy atom. The summed E-state index contributed by atoms with van der Waals surface area (Å²) in [6.45, 7) is 4.77. The number of nitrogens with one attached hydrogen (secondary N) is 3. The quantitative estimate of drug-likeness (QED) is 0.0518. The van der Waals surface area contributed by atoms with Crippen LogP contribution in [0, 0.1) is 11.8 Å². The van der Waals surface area contributed by atoms with Crippen LogP contribution in [0.25, 0.3) is 0 Å². The van der Waals surface area contributed by atoms with E-state index in [0.717, 1.165) is 36.2 Å². The van der Waals surface area contributed by atoms with E-state index < -0.39 is 34.8 Å². The van der Waals surface area contributed by atoms with Crippen LogP contribution in [0.4, 0.5) is 5.82 Å². The number of ether oxygens (including phenoxy) is 2. The van der Waals surface area contributed by atoms with Crippen LogP contribution in [-0.2, 0) is 20.7 Å². The summed E-state index contributed by atoms with van der Waals surface area (Å²) in [5, 5.41) is 30.3. The van der Waals surface area contributed by atoms with Gasteiger partial charge in [-0.15, -0.1) is 0 Å². The van der Waals surface area contributed by atoms with Gasteiger partial charge in [-0.05, 0) is 100 Å². The first-order valence-corrected chi connectivity index (χ1v) is 18.7. The summed E-state index contributed by atoms with van der Waals surface area (Å²) in [6, 6.07) is 10.3. The van der Waals surface area contributed by atoms with Crippen molar-refractivity contribution in [2.75, 3.05) is 38.8 Å². The summed E-state index contributed by atoms with van der Waals surface area (Å²) >= 11 is 0. The molecule has 0 bridgehead atoms. The fourth-order valence-electron chi connectivity index (χ4n) is 8.33. The fraction of sp³-hybridized carbons (Fsp3) is 0.512. The van der Waals surface area contributed by atoms with Crippen LogP contribution in [0.1, 0.15) is 85.1 Å². The SMILES string of the molecule is CCN[C@@H]1C=C2C=CCC[C@H]2C[C@H]1[C@H](CCCO)OC(=O)[C@]12O[C@@]1(C/C(CO)=C(\C)CCc1ccnc(NCNC)c1)C(=O)c1ccccc1C2=O. The van der Waals surface area contributed by atoms with Gasteiger partial charge in [0.05, 0.1) is 13.3 Å². The Kier molecular flexibility index (Phi) is 11.9. The lowest BCUT2D eigenvalue weighted by molar-refractivity contribution is -0.158. The molecule has 5 N–H and O–H groups in total. The van der Waals surface area contributed by atoms with E-state index in [1.165, 1.54) is 5.57 Å². The van der Waals surface area contributed by atoms with Crippen molar-refractivity contribution in [1.82, 2.24) is 15.6 Å². The number of ketones is 2. The fourth-order valence-corrected chi connectivity index (χ4v) is 8.33. The highest BCUT2D eigenvalue weighted by Crippen LogP contribution is 2.59. The van der Waals surface area contributed by atoms with Crippen LogP contribution in [-0.4, -0.2) is 89.6 Å². The number of esters is 1. The summed E-state index contributed by atoms with van der Waals surface area (Å²) in [6.07, 6.45) is 12.4. The molecule has 0 spiro atoms. The third-order valence-electron chi connectivity index (χ3n) is 11.2. The number of fused-ring (bicyclic) bond motifs is 3. The Balaban J connectivity index is 1.30. The number of rotatable bonds is 17. The number of aliphatic hydroxyl groups is 2. The predicted octanol–water partition coefficient (Wildman–Crippen LogP) is 4.46. The zero-order valence-electron chi connectivity index (χ0n) is 30.5. The van der Waals surface area contributed by atoms with E-state index in [-0.39, 0.29) is 42.7 Å². The highest BCUT2D eigenvalue weighted by atomic mass is 16.7. The van der Waals surface area contributed by atoms with Crippen molar-refractivity contribution >= 4 is 23.4 Å². The maximum atomic E-state index is 14.6. The Bertz CT molecular complexity index is 1750. The van der Waals surface area contributed by atoms with Gasteiger partial charge in [-0.25, -0.2) is 9.78 Å². The van der Waals surface area contributed by atoms with E-state index in [1.54, 1.807) is 30.5 Å². The van der Waals surface area contributed by atoms with Gasteiger partial charge in [0.1, 0.15) is 11.9 Å². The van der Waals surface area contributed by atoms with Crippen molar-refractivity contribution in [3.05, 3.63) is 94.2 Å². The molecule has 11 nitrogen and oxygen atoms in total. The molecule has 6 atom stereocenters. The van der Waals surface area contributed by atoms with Gasteiger partial charge >= 0.3 is 5.97 Å². The number of aliphatic hydroxyl groups excluding tert-OH is 2. The van der Waals surface area contributed by atoms with Gasteiger partial charge in [-0.2, -0.15) is 0 Å². The lowest BCUT2D eigenvalue weighted by Gasteiger charge is -2.40. The van der Waals surface area contributed by atoms with Gasteiger partial charge in [-0.1, -0.05) is 55.0 Å². The standard InChI is InChI=1S/C41H52N4O7/c1-4-43-34-22-29-11-6-5-10-28(29)21-33(34)35(14-9-19-46)51-39(50)41-38(49)32-13-8-7-12-31(32)37(48)40(41,52-41)23-30(24-47)26(2)15-16-27-17-18-44-36(20-27)45-25-42-3/h6-8,11-13,17-18,20,22,28,33-35,42-43,46-47H,4-5,9-10,14-16,19,21,23-25H2,1-3H3,(H,44,45)/b30-26-/t28-,33+,34+,35-,40-,41-/m0/s1. The number of benzene rings is 1. The maximum absolute atomic E-state index is 14.6. The van der Waals surface area contributed by atoms with Crippen LogP contribution in [0.3, 0.4) is 0 Å². The smallest absolute Gasteiger partial charge is 0.350 e. The minimum Gasteiger partial charge on any atom is -0.459 e. The number of epoxide rings is 1. The summed E-state index contributed by atoms with van der Waals surface area (Å²) < 4.78 is 12.6. The molecular weight excluding hydrogens is 660 g/mol. The van der Waals surface area contributed by atoms with Crippen LogP contribution < -0.4 is 16.0 Å². The molecule has 3 aliphatic carbocycles. The number of pyridine rings is 1. The average Bonchev–Trinajstić information content (AvgIpc) is 3.87. The largest absolute Gasteiger partial charge is 0.459 e. The molecule has 2 aromatic rings.